The third-order valence-electron chi connectivity index (χ3n) is 5.77. The standard InChI is InChI=1S/C22H27FN2/c23-14-15-2-1-3-18(12-15)16-4-6-17(7-5-16)21-13-22(21)25-20-10-8-19(24)9-11-20/h1-7,12,19-22,25H,8-11,13-14,24H2/t19?,20?,21-,22+/m1/s1. The maximum absolute atomic E-state index is 12.8. The summed E-state index contributed by atoms with van der Waals surface area (Å²) in [7, 11) is 0. The highest BCUT2D eigenvalue weighted by Crippen LogP contribution is 2.42. The van der Waals surface area contributed by atoms with E-state index in [1.807, 2.05) is 24.3 Å². The largest absolute Gasteiger partial charge is 0.328 e. The Hall–Kier alpha value is -1.71. The number of benzene rings is 2. The Labute approximate surface area is 149 Å². The molecule has 2 aromatic rings. The summed E-state index contributed by atoms with van der Waals surface area (Å²) >= 11 is 0. The molecule has 132 valence electrons. The van der Waals surface area contributed by atoms with Gasteiger partial charge in [-0.15, -0.1) is 0 Å². The summed E-state index contributed by atoms with van der Waals surface area (Å²) in [4.78, 5) is 0. The van der Waals surface area contributed by atoms with E-state index in [0.717, 1.165) is 29.5 Å². The molecule has 2 aliphatic rings. The maximum Gasteiger partial charge on any atom is 0.115 e. The molecule has 0 unspecified atom stereocenters. The summed E-state index contributed by atoms with van der Waals surface area (Å²) in [6.07, 6.45) is 5.98. The Kier molecular flexibility index (Phi) is 4.87. The molecular formula is C22H27FN2. The molecule has 2 aliphatic carbocycles. The van der Waals surface area contributed by atoms with Crippen molar-refractivity contribution in [3.8, 4) is 11.1 Å². The molecule has 25 heavy (non-hydrogen) atoms. The first-order valence-electron chi connectivity index (χ1n) is 9.50. The average Bonchev–Trinajstić information content (AvgIpc) is 3.43. The maximum atomic E-state index is 12.8. The monoisotopic (exact) mass is 338 g/mol. The second kappa shape index (κ2) is 7.27. The van der Waals surface area contributed by atoms with Gasteiger partial charge in [0.15, 0.2) is 0 Å². The lowest BCUT2D eigenvalue weighted by molar-refractivity contribution is 0.339. The molecule has 4 rings (SSSR count). The van der Waals surface area contributed by atoms with Crippen molar-refractivity contribution in [2.24, 2.45) is 5.73 Å². The lowest BCUT2D eigenvalue weighted by Gasteiger charge is -2.27. The zero-order chi connectivity index (χ0) is 17.2. The average molecular weight is 338 g/mol. The number of nitrogens with two attached hydrogens (primary N) is 1. The van der Waals surface area contributed by atoms with Crippen molar-refractivity contribution in [1.82, 2.24) is 5.32 Å². The van der Waals surface area contributed by atoms with Gasteiger partial charge in [-0.3, -0.25) is 0 Å². The predicted octanol–water partition coefficient (Wildman–Crippen LogP) is 4.54. The van der Waals surface area contributed by atoms with Crippen LogP contribution in [-0.4, -0.2) is 18.1 Å². The quantitative estimate of drug-likeness (QED) is 0.840. The van der Waals surface area contributed by atoms with Crippen molar-refractivity contribution in [2.75, 3.05) is 0 Å². The molecule has 0 radical (unpaired) electrons. The molecule has 0 aromatic heterocycles. The molecule has 0 aliphatic heterocycles. The van der Waals surface area contributed by atoms with Gasteiger partial charge >= 0.3 is 0 Å². The summed E-state index contributed by atoms with van der Waals surface area (Å²) in [5, 5.41) is 3.83. The minimum Gasteiger partial charge on any atom is -0.328 e. The van der Waals surface area contributed by atoms with Crippen molar-refractivity contribution in [3.05, 3.63) is 59.7 Å². The summed E-state index contributed by atoms with van der Waals surface area (Å²) < 4.78 is 12.8. The minimum absolute atomic E-state index is 0.409. The summed E-state index contributed by atoms with van der Waals surface area (Å²) in [5.74, 6) is 0.641. The van der Waals surface area contributed by atoms with Crippen LogP contribution in [0.1, 0.15) is 49.1 Å². The van der Waals surface area contributed by atoms with Crippen LogP contribution in [0, 0.1) is 0 Å². The first-order chi connectivity index (χ1) is 12.2. The highest BCUT2D eigenvalue weighted by molar-refractivity contribution is 5.64. The summed E-state index contributed by atoms with van der Waals surface area (Å²) in [5.41, 5.74) is 10.4. The van der Waals surface area contributed by atoms with Crippen molar-refractivity contribution in [3.63, 3.8) is 0 Å². The number of rotatable bonds is 5. The fourth-order valence-electron chi connectivity index (χ4n) is 4.09. The lowest BCUT2D eigenvalue weighted by Crippen LogP contribution is -2.38. The van der Waals surface area contributed by atoms with Gasteiger partial charge in [0.25, 0.3) is 0 Å². The summed E-state index contributed by atoms with van der Waals surface area (Å²) in [6.45, 7) is -0.409. The molecule has 2 atom stereocenters. The topological polar surface area (TPSA) is 38.0 Å². The molecular weight excluding hydrogens is 311 g/mol. The van der Waals surface area contributed by atoms with E-state index < -0.39 is 6.67 Å². The molecule has 2 fully saturated rings. The van der Waals surface area contributed by atoms with Gasteiger partial charge in [-0.05, 0) is 60.4 Å². The minimum atomic E-state index is -0.409. The van der Waals surface area contributed by atoms with E-state index in [1.54, 1.807) is 0 Å². The highest BCUT2D eigenvalue weighted by atomic mass is 19.1. The van der Waals surface area contributed by atoms with Crippen LogP contribution in [0.2, 0.25) is 0 Å². The van der Waals surface area contributed by atoms with Gasteiger partial charge < -0.3 is 11.1 Å². The fourth-order valence-corrected chi connectivity index (χ4v) is 4.09. The van der Waals surface area contributed by atoms with E-state index in [2.05, 4.69) is 29.6 Å². The normalized spacial score (nSPS) is 28.7. The Morgan fingerprint density at radius 2 is 1.72 bits per heavy atom. The molecule has 0 heterocycles. The van der Waals surface area contributed by atoms with Crippen LogP contribution < -0.4 is 11.1 Å². The van der Waals surface area contributed by atoms with Crippen LogP contribution in [0.15, 0.2) is 48.5 Å². The van der Waals surface area contributed by atoms with E-state index in [-0.39, 0.29) is 0 Å². The van der Waals surface area contributed by atoms with Crippen molar-refractivity contribution < 1.29 is 4.39 Å². The number of halogens is 1. The molecule has 2 saturated carbocycles. The van der Waals surface area contributed by atoms with Crippen LogP contribution in [0.5, 0.6) is 0 Å². The smallest absolute Gasteiger partial charge is 0.115 e. The summed E-state index contributed by atoms with van der Waals surface area (Å²) in [6, 6.07) is 18.2. The number of hydrogen-bond donors (Lipinski definition) is 2. The highest BCUT2D eigenvalue weighted by Gasteiger charge is 2.39. The van der Waals surface area contributed by atoms with Crippen molar-refractivity contribution in [1.29, 1.82) is 0 Å². The Morgan fingerprint density at radius 3 is 2.44 bits per heavy atom. The van der Waals surface area contributed by atoms with E-state index in [1.165, 1.54) is 24.8 Å². The molecule has 3 N–H and O–H groups in total. The van der Waals surface area contributed by atoms with Crippen LogP contribution in [0.3, 0.4) is 0 Å². The van der Waals surface area contributed by atoms with E-state index in [4.69, 9.17) is 5.73 Å². The van der Waals surface area contributed by atoms with Crippen molar-refractivity contribution >= 4 is 0 Å². The Bertz CT molecular complexity index is 704. The second-order valence-electron chi connectivity index (χ2n) is 7.68. The van der Waals surface area contributed by atoms with E-state index >= 15 is 0 Å². The zero-order valence-electron chi connectivity index (χ0n) is 14.6. The lowest BCUT2D eigenvalue weighted by atomic mass is 9.92. The predicted molar refractivity (Wildman–Crippen MR) is 101 cm³/mol. The van der Waals surface area contributed by atoms with E-state index in [0.29, 0.717) is 24.0 Å². The van der Waals surface area contributed by atoms with Gasteiger partial charge in [-0.2, -0.15) is 0 Å². The first kappa shape index (κ1) is 16.7. The molecule has 3 heteroatoms. The third-order valence-corrected chi connectivity index (χ3v) is 5.77. The molecule has 0 bridgehead atoms. The van der Waals surface area contributed by atoms with Crippen LogP contribution in [0.4, 0.5) is 4.39 Å². The Balaban J connectivity index is 1.36. The van der Waals surface area contributed by atoms with Crippen LogP contribution in [-0.2, 0) is 6.67 Å². The van der Waals surface area contributed by atoms with Crippen LogP contribution >= 0.6 is 0 Å². The molecule has 0 spiro atoms. The second-order valence-corrected chi connectivity index (χ2v) is 7.68. The van der Waals surface area contributed by atoms with Crippen LogP contribution in [0.25, 0.3) is 11.1 Å². The van der Waals surface area contributed by atoms with Gasteiger partial charge in [0.1, 0.15) is 6.67 Å². The number of hydrogen-bond acceptors (Lipinski definition) is 2. The van der Waals surface area contributed by atoms with Gasteiger partial charge in [0.2, 0.25) is 0 Å². The molecule has 0 saturated heterocycles. The SMILES string of the molecule is NC1CCC(N[C@H]2C[C@@H]2c2ccc(-c3cccc(CF)c3)cc2)CC1. The molecule has 2 nitrogen and oxygen atoms in total. The Morgan fingerprint density at radius 1 is 0.960 bits per heavy atom. The number of alkyl halides is 1. The number of nitrogens with one attached hydrogen (secondary N) is 1. The molecule has 0 amide bonds. The fraction of sp³-hybridized carbons (Fsp3) is 0.455. The zero-order valence-corrected chi connectivity index (χ0v) is 14.6. The first-order valence-corrected chi connectivity index (χ1v) is 9.50. The van der Waals surface area contributed by atoms with Gasteiger partial charge in [-0.25, -0.2) is 4.39 Å². The van der Waals surface area contributed by atoms with E-state index in [9.17, 15) is 4.39 Å². The van der Waals surface area contributed by atoms with Crippen molar-refractivity contribution in [2.45, 2.75) is 62.8 Å². The van der Waals surface area contributed by atoms with Gasteiger partial charge in [0, 0.05) is 24.0 Å². The van der Waals surface area contributed by atoms with Gasteiger partial charge in [-0.1, -0.05) is 42.5 Å². The van der Waals surface area contributed by atoms with Gasteiger partial charge in [0.05, 0.1) is 0 Å². The third kappa shape index (κ3) is 3.94. The molecule has 2 aromatic carbocycles.